The fraction of sp³-hybridized carbons (Fsp3) is 0.222. The molecule has 1 N–H and O–H groups in total. The maximum Gasteiger partial charge on any atom is 0.237 e. The number of para-hydroxylation sites is 4. The van der Waals surface area contributed by atoms with E-state index >= 15 is 0 Å². The molecule has 0 atom stereocenters. The molecule has 0 aliphatic rings. The second-order valence-electron chi connectivity index (χ2n) is 8.11. The third-order valence-corrected chi connectivity index (χ3v) is 6.66. The van der Waals surface area contributed by atoms with Crippen molar-refractivity contribution in [3.63, 3.8) is 0 Å². The van der Waals surface area contributed by atoms with Crippen molar-refractivity contribution in [3.05, 3.63) is 89.7 Å². The predicted molar refractivity (Wildman–Crippen MR) is 142 cm³/mol. The molecule has 4 aromatic rings. The summed E-state index contributed by atoms with van der Waals surface area (Å²) in [7, 11) is 3.44. The SMILES string of the molecule is COc1ccccc1NCc1nnc(SCC(=O)N(C)c2ccccc2)n1-c1c(C)cccc1C. The van der Waals surface area contributed by atoms with Gasteiger partial charge in [0.1, 0.15) is 5.75 Å². The van der Waals surface area contributed by atoms with Gasteiger partial charge in [0.05, 0.1) is 30.8 Å². The summed E-state index contributed by atoms with van der Waals surface area (Å²) < 4.78 is 7.51. The van der Waals surface area contributed by atoms with Gasteiger partial charge in [-0.3, -0.25) is 9.36 Å². The summed E-state index contributed by atoms with van der Waals surface area (Å²) in [4.78, 5) is 14.6. The second-order valence-corrected chi connectivity index (χ2v) is 9.05. The van der Waals surface area contributed by atoms with E-state index in [2.05, 4.69) is 41.5 Å². The molecular formula is C27H29N5O2S. The lowest BCUT2D eigenvalue weighted by Gasteiger charge is -2.18. The molecule has 0 saturated heterocycles. The van der Waals surface area contributed by atoms with E-state index in [4.69, 9.17) is 4.74 Å². The molecule has 0 unspecified atom stereocenters. The summed E-state index contributed by atoms with van der Waals surface area (Å²) in [6.45, 7) is 4.59. The van der Waals surface area contributed by atoms with E-state index in [9.17, 15) is 4.79 Å². The summed E-state index contributed by atoms with van der Waals surface area (Å²) in [5.74, 6) is 1.74. The van der Waals surface area contributed by atoms with Gasteiger partial charge in [0, 0.05) is 12.7 Å². The Bertz CT molecular complexity index is 1290. The van der Waals surface area contributed by atoms with Crippen molar-refractivity contribution >= 4 is 29.0 Å². The lowest BCUT2D eigenvalue weighted by molar-refractivity contribution is -0.115. The zero-order chi connectivity index (χ0) is 24.8. The number of rotatable bonds is 9. The molecule has 4 rings (SSSR count). The van der Waals surface area contributed by atoms with E-state index < -0.39 is 0 Å². The van der Waals surface area contributed by atoms with Crippen LogP contribution in [0.5, 0.6) is 5.75 Å². The third kappa shape index (κ3) is 5.49. The largest absolute Gasteiger partial charge is 0.495 e. The number of amides is 1. The number of carbonyl (C=O) groups is 1. The van der Waals surface area contributed by atoms with Gasteiger partial charge in [-0.2, -0.15) is 0 Å². The molecule has 1 heterocycles. The molecule has 0 radical (unpaired) electrons. The fourth-order valence-electron chi connectivity index (χ4n) is 3.87. The number of methoxy groups -OCH3 is 1. The van der Waals surface area contributed by atoms with Crippen LogP contribution in [0.2, 0.25) is 0 Å². The van der Waals surface area contributed by atoms with Crippen LogP contribution in [-0.2, 0) is 11.3 Å². The van der Waals surface area contributed by atoms with E-state index in [1.807, 2.05) is 65.2 Å². The number of thioether (sulfide) groups is 1. The number of nitrogens with zero attached hydrogens (tertiary/aromatic N) is 4. The Kier molecular flexibility index (Phi) is 7.72. The van der Waals surface area contributed by atoms with Crippen molar-refractivity contribution in [1.29, 1.82) is 0 Å². The monoisotopic (exact) mass is 487 g/mol. The molecule has 35 heavy (non-hydrogen) atoms. The Morgan fingerprint density at radius 3 is 2.37 bits per heavy atom. The van der Waals surface area contributed by atoms with Gasteiger partial charge in [0.25, 0.3) is 0 Å². The Labute approximate surface area is 210 Å². The molecule has 8 heteroatoms. The molecule has 0 spiro atoms. The predicted octanol–water partition coefficient (Wildman–Crippen LogP) is 5.26. The molecule has 1 aromatic heterocycles. The molecular weight excluding hydrogens is 458 g/mol. The van der Waals surface area contributed by atoms with Gasteiger partial charge in [-0.15, -0.1) is 10.2 Å². The van der Waals surface area contributed by atoms with E-state index in [0.29, 0.717) is 11.7 Å². The van der Waals surface area contributed by atoms with Gasteiger partial charge in [0.15, 0.2) is 11.0 Å². The molecule has 7 nitrogen and oxygen atoms in total. The van der Waals surface area contributed by atoms with Crippen molar-refractivity contribution < 1.29 is 9.53 Å². The van der Waals surface area contributed by atoms with Crippen LogP contribution in [0.15, 0.2) is 78.0 Å². The van der Waals surface area contributed by atoms with E-state index in [-0.39, 0.29) is 11.7 Å². The molecule has 0 fully saturated rings. The van der Waals surface area contributed by atoms with E-state index in [1.54, 1.807) is 19.1 Å². The molecule has 0 bridgehead atoms. The highest BCUT2D eigenvalue weighted by Crippen LogP contribution is 2.29. The summed E-state index contributed by atoms with van der Waals surface area (Å²) in [5, 5.41) is 13.0. The minimum Gasteiger partial charge on any atom is -0.495 e. The van der Waals surface area contributed by atoms with Crippen LogP contribution in [-0.4, -0.2) is 40.6 Å². The number of nitrogens with one attached hydrogen (secondary N) is 1. The maximum absolute atomic E-state index is 12.9. The average Bonchev–Trinajstić information content (AvgIpc) is 3.28. The zero-order valence-electron chi connectivity index (χ0n) is 20.4. The van der Waals surface area contributed by atoms with Crippen LogP contribution in [0.4, 0.5) is 11.4 Å². The van der Waals surface area contributed by atoms with Crippen LogP contribution < -0.4 is 15.0 Å². The highest BCUT2D eigenvalue weighted by Gasteiger charge is 2.20. The summed E-state index contributed by atoms with van der Waals surface area (Å²) in [6, 6.07) is 23.6. The Balaban J connectivity index is 1.61. The van der Waals surface area contributed by atoms with E-state index in [0.717, 1.165) is 39.8 Å². The maximum atomic E-state index is 12.9. The van der Waals surface area contributed by atoms with Crippen molar-refractivity contribution in [2.24, 2.45) is 0 Å². The first-order chi connectivity index (χ1) is 17.0. The number of hydrogen-bond donors (Lipinski definition) is 1. The number of aromatic nitrogens is 3. The lowest BCUT2D eigenvalue weighted by atomic mass is 10.1. The number of ether oxygens (including phenoxy) is 1. The standard InChI is InChI=1S/C27H29N5O2S/c1-19-11-10-12-20(2)26(19)32-24(17-28-22-15-8-9-16-23(22)34-4)29-30-27(32)35-18-25(33)31(3)21-13-6-5-7-14-21/h5-16,28H,17-18H2,1-4H3. The zero-order valence-corrected chi connectivity index (χ0v) is 21.2. The summed E-state index contributed by atoms with van der Waals surface area (Å²) >= 11 is 1.39. The summed E-state index contributed by atoms with van der Waals surface area (Å²) in [5.41, 5.74) is 4.98. The number of hydrogen-bond acceptors (Lipinski definition) is 6. The van der Waals surface area contributed by atoms with Crippen molar-refractivity contribution in [1.82, 2.24) is 14.8 Å². The highest BCUT2D eigenvalue weighted by atomic mass is 32.2. The minimum atomic E-state index is -0.00838. The molecule has 180 valence electrons. The molecule has 0 aliphatic carbocycles. The van der Waals surface area contributed by atoms with Crippen molar-refractivity contribution in [2.45, 2.75) is 25.5 Å². The Hall–Kier alpha value is -3.78. The number of benzene rings is 3. The summed E-state index contributed by atoms with van der Waals surface area (Å²) in [6.07, 6.45) is 0. The van der Waals surface area contributed by atoms with Crippen LogP contribution in [0, 0.1) is 13.8 Å². The lowest BCUT2D eigenvalue weighted by Crippen LogP contribution is -2.28. The van der Waals surface area contributed by atoms with Crippen LogP contribution in [0.3, 0.4) is 0 Å². The van der Waals surface area contributed by atoms with Gasteiger partial charge in [-0.1, -0.05) is 60.3 Å². The molecule has 0 saturated carbocycles. The first-order valence-corrected chi connectivity index (χ1v) is 12.3. The molecule has 1 amide bonds. The Morgan fingerprint density at radius 1 is 0.971 bits per heavy atom. The van der Waals surface area contributed by atoms with Gasteiger partial charge < -0.3 is 15.0 Å². The Morgan fingerprint density at radius 2 is 1.66 bits per heavy atom. The second kappa shape index (κ2) is 11.1. The topological polar surface area (TPSA) is 72.3 Å². The highest BCUT2D eigenvalue weighted by molar-refractivity contribution is 7.99. The fourth-order valence-corrected chi connectivity index (χ4v) is 4.75. The third-order valence-electron chi connectivity index (χ3n) is 5.75. The van der Waals surface area contributed by atoms with E-state index in [1.165, 1.54) is 11.8 Å². The van der Waals surface area contributed by atoms with Crippen molar-refractivity contribution in [2.75, 3.05) is 30.1 Å². The smallest absolute Gasteiger partial charge is 0.237 e. The van der Waals surface area contributed by atoms with Gasteiger partial charge >= 0.3 is 0 Å². The van der Waals surface area contributed by atoms with Crippen LogP contribution in [0.1, 0.15) is 17.0 Å². The first-order valence-electron chi connectivity index (χ1n) is 11.3. The molecule has 0 aliphatic heterocycles. The number of anilines is 2. The molecule has 3 aromatic carbocycles. The van der Waals surface area contributed by atoms with Gasteiger partial charge in [0.2, 0.25) is 5.91 Å². The van der Waals surface area contributed by atoms with Gasteiger partial charge in [-0.05, 0) is 49.2 Å². The number of aryl methyl sites for hydroxylation is 2. The van der Waals surface area contributed by atoms with Crippen molar-refractivity contribution in [3.8, 4) is 11.4 Å². The minimum absolute atomic E-state index is 0.00838. The van der Waals surface area contributed by atoms with Gasteiger partial charge in [-0.25, -0.2) is 0 Å². The number of carbonyl (C=O) groups excluding carboxylic acids is 1. The van der Waals surface area contributed by atoms with Crippen LogP contribution in [0.25, 0.3) is 5.69 Å². The first kappa shape index (κ1) is 24.3. The van der Waals surface area contributed by atoms with Crippen LogP contribution >= 0.6 is 11.8 Å². The normalized spacial score (nSPS) is 10.7. The quantitative estimate of drug-likeness (QED) is 0.325. The average molecular weight is 488 g/mol.